The van der Waals surface area contributed by atoms with Crippen molar-refractivity contribution in [3.8, 4) is 0 Å². The zero-order valence-corrected chi connectivity index (χ0v) is 17.1. The molecule has 4 rings (SSSR count). The Kier molecular flexibility index (Phi) is 6.71. The highest BCUT2D eigenvalue weighted by Gasteiger charge is 2.34. The normalized spacial score (nSPS) is 24.7. The number of nitrogens with zero attached hydrogens (tertiary/aromatic N) is 3. The number of nitrogens with one attached hydrogen (secondary N) is 1. The van der Waals surface area contributed by atoms with Gasteiger partial charge in [-0.15, -0.1) is 0 Å². The summed E-state index contributed by atoms with van der Waals surface area (Å²) in [5, 5.41) is 0. The van der Waals surface area contributed by atoms with Crippen molar-refractivity contribution in [2.24, 2.45) is 5.92 Å². The molecule has 3 fully saturated rings. The van der Waals surface area contributed by atoms with E-state index < -0.39 is 0 Å². The highest BCUT2D eigenvalue weighted by Crippen LogP contribution is 2.29. The van der Waals surface area contributed by atoms with Crippen LogP contribution in [0.5, 0.6) is 0 Å². The van der Waals surface area contributed by atoms with Gasteiger partial charge >= 0.3 is 0 Å². The molecule has 144 valence electrons. The monoisotopic (exact) mass is 356 g/mol. The van der Waals surface area contributed by atoms with Crippen molar-refractivity contribution >= 4 is 0 Å². The van der Waals surface area contributed by atoms with Gasteiger partial charge in [0.05, 0.1) is 12.0 Å². The average Bonchev–Trinajstić information content (AvgIpc) is 2.81. The van der Waals surface area contributed by atoms with Crippen LogP contribution < -0.4 is 0 Å². The number of imidazole rings is 1. The third kappa shape index (κ3) is 5.31. The zero-order chi connectivity index (χ0) is 18.5. The summed E-state index contributed by atoms with van der Waals surface area (Å²) >= 11 is 0. The van der Waals surface area contributed by atoms with E-state index in [1.165, 1.54) is 67.9 Å². The van der Waals surface area contributed by atoms with E-state index in [0.717, 1.165) is 19.0 Å². The van der Waals surface area contributed by atoms with Gasteiger partial charge in [0.2, 0.25) is 0 Å². The smallest absolute Gasteiger partial charge is 0.0925 e. The summed E-state index contributed by atoms with van der Waals surface area (Å²) in [6.45, 7) is 14.6. The standard InChI is InChI=1S/C22H36N4/c1-17(2)6-5-7-18(3)10-11-26-13-20-8-9-21(26)14-25(12-20)15-22-19(4)23-16-24-22/h6,10,16,20-21H,5,7-9,11-15H2,1-4H3,(H,23,24)/b18-10+/t20-,21+/m1/s1. The highest BCUT2D eigenvalue weighted by molar-refractivity contribution is 5.09. The van der Waals surface area contributed by atoms with Crippen LogP contribution in [-0.2, 0) is 6.54 Å². The second-order valence-corrected chi connectivity index (χ2v) is 8.59. The Labute approximate surface area is 159 Å². The second kappa shape index (κ2) is 9.01. The molecular formula is C22H36N4. The third-order valence-electron chi connectivity index (χ3n) is 5.98. The van der Waals surface area contributed by atoms with Gasteiger partial charge < -0.3 is 4.98 Å². The maximum Gasteiger partial charge on any atom is 0.0925 e. The first-order valence-electron chi connectivity index (χ1n) is 10.3. The van der Waals surface area contributed by atoms with E-state index in [0.29, 0.717) is 6.04 Å². The molecule has 0 aliphatic carbocycles. The average molecular weight is 357 g/mol. The fourth-order valence-corrected chi connectivity index (χ4v) is 4.35. The van der Waals surface area contributed by atoms with E-state index in [9.17, 15) is 0 Å². The van der Waals surface area contributed by atoms with Crippen LogP contribution in [0.4, 0.5) is 0 Å². The van der Waals surface area contributed by atoms with Crippen LogP contribution >= 0.6 is 0 Å². The molecule has 0 aromatic carbocycles. The summed E-state index contributed by atoms with van der Waals surface area (Å²) in [6, 6.07) is 0.704. The quantitative estimate of drug-likeness (QED) is 0.740. The molecule has 1 aromatic rings. The van der Waals surface area contributed by atoms with Gasteiger partial charge in [-0.2, -0.15) is 0 Å². The van der Waals surface area contributed by atoms with Gasteiger partial charge in [-0.25, -0.2) is 4.98 Å². The van der Waals surface area contributed by atoms with E-state index in [-0.39, 0.29) is 0 Å². The minimum atomic E-state index is 0.704. The molecule has 2 atom stereocenters. The van der Waals surface area contributed by atoms with Crippen LogP contribution in [0.3, 0.4) is 0 Å². The number of piperidine rings is 1. The SMILES string of the molecule is CC(C)=CCC/C(C)=C/CN1C[C@@H]2CC[C@H]1CN(Cc1nc[nH]c1C)C2. The second-order valence-electron chi connectivity index (χ2n) is 8.59. The van der Waals surface area contributed by atoms with E-state index in [4.69, 9.17) is 0 Å². The molecule has 0 unspecified atom stereocenters. The van der Waals surface area contributed by atoms with Gasteiger partial charge in [0, 0.05) is 44.5 Å². The Morgan fingerprint density at radius 1 is 1.19 bits per heavy atom. The summed E-state index contributed by atoms with van der Waals surface area (Å²) < 4.78 is 0. The molecule has 4 heterocycles. The van der Waals surface area contributed by atoms with Crippen molar-refractivity contribution < 1.29 is 0 Å². The first-order chi connectivity index (χ1) is 12.5. The number of hydrogen-bond acceptors (Lipinski definition) is 3. The van der Waals surface area contributed by atoms with Gasteiger partial charge in [0.25, 0.3) is 0 Å². The largest absolute Gasteiger partial charge is 0.348 e. The Balaban J connectivity index is 1.54. The number of allylic oxidation sites excluding steroid dienone is 3. The first kappa shape index (κ1) is 19.4. The number of aromatic nitrogens is 2. The number of H-pyrrole nitrogens is 1. The van der Waals surface area contributed by atoms with Gasteiger partial charge in [0.1, 0.15) is 0 Å². The van der Waals surface area contributed by atoms with Crippen LogP contribution in [0.15, 0.2) is 29.6 Å². The lowest BCUT2D eigenvalue weighted by Gasteiger charge is -2.35. The highest BCUT2D eigenvalue weighted by atomic mass is 15.3. The molecule has 3 saturated heterocycles. The van der Waals surface area contributed by atoms with Gasteiger partial charge in [-0.3, -0.25) is 9.80 Å². The van der Waals surface area contributed by atoms with Crippen LogP contribution in [0, 0.1) is 12.8 Å². The van der Waals surface area contributed by atoms with Crippen LogP contribution in [-0.4, -0.2) is 52.0 Å². The van der Waals surface area contributed by atoms with Crippen molar-refractivity contribution in [1.82, 2.24) is 19.8 Å². The van der Waals surface area contributed by atoms with Crippen molar-refractivity contribution in [1.29, 1.82) is 0 Å². The summed E-state index contributed by atoms with van der Waals surface area (Å²) in [5.41, 5.74) is 5.39. The summed E-state index contributed by atoms with van der Waals surface area (Å²) in [7, 11) is 0. The molecule has 1 aromatic heterocycles. The lowest BCUT2D eigenvalue weighted by atomic mass is 9.95. The number of aromatic amines is 1. The van der Waals surface area contributed by atoms with Crippen molar-refractivity contribution in [3.05, 3.63) is 41.0 Å². The van der Waals surface area contributed by atoms with Crippen molar-refractivity contribution in [2.75, 3.05) is 26.2 Å². The molecule has 3 aliphatic heterocycles. The minimum absolute atomic E-state index is 0.704. The molecule has 0 amide bonds. The molecule has 26 heavy (non-hydrogen) atoms. The Morgan fingerprint density at radius 3 is 2.77 bits per heavy atom. The molecule has 0 radical (unpaired) electrons. The van der Waals surface area contributed by atoms with Gasteiger partial charge in [-0.1, -0.05) is 23.3 Å². The topological polar surface area (TPSA) is 35.2 Å². The fourth-order valence-electron chi connectivity index (χ4n) is 4.35. The Hall–Kier alpha value is -1.39. The number of fused-ring (bicyclic) bond motifs is 4. The molecule has 4 heteroatoms. The van der Waals surface area contributed by atoms with Crippen molar-refractivity contribution in [3.63, 3.8) is 0 Å². The lowest BCUT2D eigenvalue weighted by Crippen LogP contribution is -2.43. The van der Waals surface area contributed by atoms with E-state index in [1.54, 1.807) is 0 Å². The molecule has 2 bridgehead atoms. The number of aryl methyl sites for hydroxylation is 1. The fraction of sp³-hybridized carbons (Fsp3) is 0.682. The lowest BCUT2D eigenvalue weighted by molar-refractivity contribution is 0.146. The summed E-state index contributed by atoms with van der Waals surface area (Å²) in [5.74, 6) is 0.812. The van der Waals surface area contributed by atoms with Crippen molar-refractivity contribution in [2.45, 2.75) is 66.0 Å². The molecular weight excluding hydrogens is 320 g/mol. The summed E-state index contributed by atoms with van der Waals surface area (Å²) in [6.07, 6.45) is 11.8. The van der Waals surface area contributed by atoms with Crippen LogP contribution in [0.2, 0.25) is 0 Å². The zero-order valence-electron chi connectivity index (χ0n) is 17.1. The first-order valence-corrected chi connectivity index (χ1v) is 10.3. The molecule has 0 saturated carbocycles. The maximum atomic E-state index is 4.51. The molecule has 0 spiro atoms. The molecule has 1 N–H and O–H groups in total. The van der Waals surface area contributed by atoms with E-state index >= 15 is 0 Å². The predicted octanol–water partition coefficient (Wildman–Crippen LogP) is 4.31. The molecule has 4 nitrogen and oxygen atoms in total. The van der Waals surface area contributed by atoms with Crippen LogP contribution in [0.25, 0.3) is 0 Å². The molecule has 3 aliphatic rings. The predicted molar refractivity (Wildman–Crippen MR) is 109 cm³/mol. The third-order valence-corrected chi connectivity index (χ3v) is 5.98. The van der Waals surface area contributed by atoms with E-state index in [1.807, 2.05) is 6.33 Å². The summed E-state index contributed by atoms with van der Waals surface area (Å²) in [4.78, 5) is 13.1. The number of rotatable bonds is 7. The Bertz CT molecular complexity index is 638. The minimum Gasteiger partial charge on any atom is -0.348 e. The van der Waals surface area contributed by atoms with Crippen LogP contribution in [0.1, 0.15) is 57.8 Å². The van der Waals surface area contributed by atoms with Gasteiger partial charge in [-0.05, 0) is 59.3 Å². The number of hydrogen-bond donors (Lipinski definition) is 1. The Morgan fingerprint density at radius 2 is 2.04 bits per heavy atom. The van der Waals surface area contributed by atoms with Gasteiger partial charge in [0.15, 0.2) is 0 Å². The maximum absolute atomic E-state index is 4.51. The van der Waals surface area contributed by atoms with E-state index in [2.05, 4.69) is 59.6 Å².